The summed E-state index contributed by atoms with van der Waals surface area (Å²) in [6, 6.07) is 0. The molecule has 132 valence electrons. The van der Waals surface area contributed by atoms with Crippen molar-refractivity contribution in [3.05, 3.63) is 12.2 Å². The van der Waals surface area contributed by atoms with Gasteiger partial charge in [0.1, 0.15) is 0 Å². The minimum absolute atomic E-state index is 0.177. The fourth-order valence-corrected chi connectivity index (χ4v) is 7.88. The lowest BCUT2D eigenvalue weighted by Crippen LogP contribution is -2.50. The van der Waals surface area contributed by atoms with Crippen LogP contribution in [-0.2, 0) is 9.59 Å². The van der Waals surface area contributed by atoms with Gasteiger partial charge in [-0.05, 0) is 74.0 Å². The number of hydrogen-bond acceptors (Lipinski definition) is 2. The van der Waals surface area contributed by atoms with Crippen LogP contribution in [0.25, 0.3) is 0 Å². The summed E-state index contributed by atoms with van der Waals surface area (Å²) >= 11 is 0. The van der Waals surface area contributed by atoms with E-state index in [0.29, 0.717) is 18.3 Å². The smallest absolute Gasteiger partial charge is 0.309 e. The molecule has 0 aromatic carbocycles. The van der Waals surface area contributed by atoms with E-state index in [1.807, 2.05) is 6.92 Å². The Kier molecular flexibility index (Phi) is 3.13. The summed E-state index contributed by atoms with van der Waals surface area (Å²) in [4.78, 5) is 24.6. The summed E-state index contributed by atoms with van der Waals surface area (Å²) in [6.45, 7) is 8.26. The van der Waals surface area contributed by atoms with E-state index in [1.165, 1.54) is 5.57 Å². The average molecular weight is 332 g/mol. The molecule has 2 bridgehead atoms. The third-order valence-electron chi connectivity index (χ3n) is 8.57. The highest BCUT2D eigenvalue weighted by atomic mass is 16.4. The van der Waals surface area contributed by atoms with Gasteiger partial charge in [-0.3, -0.25) is 9.59 Å². The zero-order valence-electron chi connectivity index (χ0n) is 14.7. The Morgan fingerprint density at radius 2 is 1.88 bits per heavy atom. The van der Waals surface area contributed by atoms with Gasteiger partial charge < -0.3 is 10.2 Å². The summed E-state index contributed by atoms with van der Waals surface area (Å²) in [7, 11) is 0. The Hall–Kier alpha value is -1.32. The molecule has 1 spiro atoms. The molecule has 2 unspecified atom stereocenters. The number of carbonyl (C=O) groups is 2. The van der Waals surface area contributed by atoms with Crippen LogP contribution in [0.3, 0.4) is 0 Å². The van der Waals surface area contributed by atoms with E-state index in [9.17, 15) is 19.8 Å². The SMILES string of the molecule is C=C1C[C@]23C[C@H]1CC[C@H]2C1(C)CCC[C@@](C)(C(=O)O)C1[C@@H]3C(=O)O. The Bertz CT molecular complexity index is 640. The lowest BCUT2D eigenvalue weighted by molar-refractivity contribution is -0.166. The summed E-state index contributed by atoms with van der Waals surface area (Å²) in [5, 5.41) is 20.2. The van der Waals surface area contributed by atoms with Gasteiger partial charge in [-0.15, -0.1) is 0 Å². The molecule has 0 aliphatic heterocycles. The minimum atomic E-state index is -0.929. The van der Waals surface area contributed by atoms with Gasteiger partial charge in [-0.1, -0.05) is 25.5 Å². The topological polar surface area (TPSA) is 74.6 Å². The highest BCUT2D eigenvalue weighted by molar-refractivity contribution is 5.79. The monoisotopic (exact) mass is 332 g/mol. The van der Waals surface area contributed by atoms with Crippen molar-refractivity contribution in [1.29, 1.82) is 0 Å². The molecular formula is C20H28O4. The lowest BCUT2D eigenvalue weighted by atomic mass is 9.53. The van der Waals surface area contributed by atoms with Crippen molar-refractivity contribution in [3.8, 4) is 0 Å². The molecule has 0 radical (unpaired) electrons. The summed E-state index contributed by atoms with van der Waals surface area (Å²) in [6.07, 6.45) is 6.29. The van der Waals surface area contributed by atoms with E-state index in [-0.39, 0.29) is 16.7 Å². The van der Waals surface area contributed by atoms with Crippen LogP contribution in [-0.4, -0.2) is 22.2 Å². The van der Waals surface area contributed by atoms with Gasteiger partial charge in [0.25, 0.3) is 0 Å². The normalized spacial score (nSPS) is 52.7. The van der Waals surface area contributed by atoms with Crippen LogP contribution in [0.15, 0.2) is 12.2 Å². The highest BCUT2D eigenvalue weighted by Gasteiger charge is 2.75. The predicted octanol–water partition coefficient (Wildman–Crippen LogP) is 3.96. The van der Waals surface area contributed by atoms with Crippen molar-refractivity contribution in [3.63, 3.8) is 0 Å². The van der Waals surface area contributed by atoms with Crippen LogP contribution in [0, 0.1) is 39.9 Å². The van der Waals surface area contributed by atoms with Crippen LogP contribution < -0.4 is 0 Å². The molecule has 0 saturated heterocycles. The molecular weight excluding hydrogens is 304 g/mol. The number of hydrogen-bond donors (Lipinski definition) is 2. The van der Waals surface area contributed by atoms with Gasteiger partial charge in [0.2, 0.25) is 0 Å². The molecule has 4 aliphatic rings. The third-order valence-corrected chi connectivity index (χ3v) is 8.57. The fraction of sp³-hybridized carbons (Fsp3) is 0.800. The highest BCUT2D eigenvalue weighted by Crippen LogP contribution is 2.77. The zero-order chi connectivity index (χ0) is 17.5. The van der Waals surface area contributed by atoms with Gasteiger partial charge in [0.05, 0.1) is 11.3 Å². The van der Waals surface area contributed by atoms with Crippen molar-refractivity contribution in [2.75, 3.05) is 0 Å². The number of carboxylic acids is 2. The Labute approximate surface area is 143 Å². The van der Waals surface area contributed by atoms with Crippen molar-refractivity contribution in [1.82, 2.24) is 0 Å². The molecule has 4 nitrogen and oxygen atoms in total. The van der Waals surface area contributed by atoms with Gasteiger partial charge in [-0.25, -0.2) is 0 Å². The van der Waals surface area contributed by atoms with Gasteiger partial charge in [0.15, 0.2) is 0 Å². The fourth-order valence-electron chi connectivity index (χ4n) is 7.88. The Morgan fingerprint density at radius 1 is 1.17 bits per heavy atom. The molecule has 7 atom stereocenters. The molecule has 4 fully saturated rings. The second-order valence-corrected chi connectivity index (χ2v) is 9.47. The number of allylic oxidation sites excluding steroid dienone is 1. The second kappa shape index (κ2) is 4.64. The maximum absolute atomic E-state index is 12.4. The number of rotatable bonds is 2. The predicted molar refractivity (Wildman–Crippen MR) is 89.3 cm³/mol. The number of carboxylic acid groups (broad SMARTS) is 2. The molecule has 4 aliphatic carbocycles. The molecule has 4 heteroatoms. The van der Waals surface area contributed by atoms with E-state index in [1.54, 1.807) is 0 Å². The van der Waals surface area contributed by atoms with Gasteiger partial charge >= 0.3 is 11.9 Å². The van der Waals surface area contributed by atoms with Crippen LogP contribution >= 0.6 is 0 Å². The lowest BCUT2D eigenvalue weighted by Gasteiger charge is -2.50. The van der Waals surface area contributed by atoms with Crippen LogP contribution in [0.1, 0.15) is 58.8 Å². The van der Waals surface area contributed by atoms with E-state index < -0.39 is 23.3 Å². The molecule has 2 N–H and O–H groups in total. The van der Waals surface area contributed by atoms with Crippen molar-refractivity contribution < 1.29 is 19.8 Å². The van der Waals surface area contributed by atoms with Crippen molar-refractivity contribution >= 4 is 11.9 Å². The second-order valence-electron chi connectivity index (χ2n) is 9.47. The maximum Gasteiger partial charge on any atom is 0.309 e. The van der Waals surface area contributed by atoms with E-state index in [4.69, 9.17) is 0 Å². The van der Waals surface area contributed by atoms with Crippen molar-refractivity contribution in [2.24, 2.45) is 39.9 Å². The number of fused-ring (bicyclic) bond motifs is 3. The van der Waals surface area contributed by atoms with E-state index >= 15 is 0 Å². The maximum atomic E-state index is 12.4. The molecule has 0 heterocycles. The number of aliphatic carboxylic acids is 2. The van der Waals surface area contributed by atoms with E-state index in [2.05, 4.69) is 13.5 Å². The average Bonchev–Trinajstić information content (AvgIpc) is 2.87. The van der Waals surface area contributed by atoms with E-state index in [0.717, 1.165) is 38.5 Å². The molecule has 4 saturated carbocycles. The molecule has 0 aromatic rings. The van der Waals surface area contributed by atoms with Crippen molar-refractivity contribution in [2.45, 2.75) is 58.8 Å². The summed E-state index contributed by atoms with van der Waals surface area (Å²) in [5.41, 5.74) is -0.152. The molecule has 0 amide bonds. The molecule has 24 heavy (non-hydrogen) atoms. The first-order valence-corrected chi connectivity index (χ1v) is 9.31. The minimum Gasteiger partial charge on any atom is -0.481 e. The summed E-state index contributed by atoms with van der Waals surface area (Å²) in [5.74, 6) is -1.64. The zero-order valence-corrected chi connectivity index (χ0v) is 14.7. The largest absolute Gasteiger partial charge is 0.481 e. The first-order valence-electron chi connectivity index (χ1n) is 9.31. The Morgan fingerprint density at radius 3 is 2.50 bits per heavy atom. The molecule has 0 aromatic heterocycles. The van der Waals surface area contributed by atoms with Crippen LogP contribution in [0.2, 0.25) is 0 Å². The standard InChI is InChI=1S/C20H28O4/c1-11-9-20-10-12(11)5-6-13(20)18(2)7-4-8-19(3,17(23)24)15(18)14(20)16(21)22/h12-15H,1,4-10H2,2-3H3,(H,21,22)(H,23,24)/t12-,13+,14-,15?,18?,19-,20+/m1/s1. The summed E-state index contributed by atoms with van der Waals surface area (Å²) < 4.78 is 0. The quantitative estimate of drug-likeness (QED) is 0.751. The Balaban J connectivity index is 1.93. The first-order chi connectivity index (χ1) is 11.2. The van der Waals surface area contributed by atoms with Crippen LogP contribution in [0.5, 0.6) is 0 Å². The third kappa shape index (κ3) is 1.65. The molecule has 4 rings (SSSR count). The van der Waals surface area contributed by atoms with Gasteiger partial charge in [-0.2, -0.15) is 0 Å². The first kappa shape index (κ1) is 16.2. The van der Waals surface area contributed by atoms with Crippen LogP contribution in [0.4, 0.5) is 0 Å². The van der Waals surface area contributed by atoms with Gasteiger partial charge in [0, 0.05) is 0 Å².